The molecule has 0 spiro atoms. The van der Waals surface area contributed by atoms with Gasteiger partial charge in [0.25, 0.3) is 15.9 Å². The van der Waals surface area contributed by atoms with Crippen molar-refractivity contribution < 1.29 is 17.7 Å². The molecule has 0 bridgehead atoms. The van der Waals surface area contributed by atoms with Gasteiger partial charge in [-0.25, -0.2) is 17.8 Å². The lowest BCUT2D eigenvalue weighted by Gasteiger charge is -2.09. The van der Waals surface area contributed by atoms with Crippen LogP contribution in [0.4, 0.5) is 11.5 Å². The summed E-state index contributed by atoms with van der Waals surface area (Å²) in [5.74, 6) is 0.662. The molecule has 3 N–H and O–H groups in total. The molecule has 5 aromatic rings. The predicted octanol–water partition coefficient (Wildman–Crippen LogP) is 4.03. The molecule has 3 aromatic heterocycles. The van der Waals surface area contributed by atoms with E-state index in [2.05, 4.69) is 30.7 Å². The highest BCUT2D eigenvalue weighted by Gasteiger charge is 2.18. The molecular weight excluding hydrogens is 540 g/mol. The van der Waals surface area contributed by atoms with Crippen molar-refractivity contribution in [2.75, 3.05) is 15.5 Å². The number of nitrogens with zero attached hydrogens (tertiary/aromatic N) is 5. The molecule has 0 aliphatic rings. The summed E-state index contributed by atoms with van der Waals surface area (Å²) in [4.78, 5) is 16.8. The summed E-state index contributed by atoms with van der Waals surface area (Å²) < 4.78 is 35.7. The smallest absolute Gasteiger partial charge is 0.270 e. The first-order valence-electron chi connectivity index (χ1n) is 11.6. The van der Waals surface area contributed by atoms with Crippen LogP contribution in [0, 0.1) is 11.7 Å². The Labute approximate surface area is 228 Å². The Balaban J connectivity index is 1.35. The molecule has 0 aliphatic carbocycles. The minimum atomic E-state index is -3.84. The Morgan fingerprint density at radius 3 is 2.41 bits per heavy atom. The molecule has 0 radical (unpaired) electrons. The van der Waals surface area contributed by atoms with Crippen LogP contribution in [0.1, 0.15) is 16.1 Å². The lowest BCUT2D eigenvalue weighted by Crippen LogP contribution is -2.24. The summed E-state index contributed by atoms with van der Waals surface area (Å²) in [6.45, 7) is 1.82. The van der Waals surface area contributed by atoms with E-state index in [1.165, 1.54) is 40.0 Å². The Hall–Kier alpha value is -4.82. The average molecular weight is 563 g/mol. The van der Waals surface area contributed by atoms with Gasteiger partial charge in [-0.3, -0.25) is 19.9 Å². The van der Waals surface area contributed by atoms with Gasteiger partial charge in [-0.1, -0.05) is 35.5 Å². The van der Waals surface area contributed by atoms with Crippen LogP contribution < -0.4 is 15.5 Å². The number of carbonyl (C=O) groups excluding carboxylic acids is 1. The van der Waals surface area contributed by atoms with Gasteiger partial charge in [0, 0.05) is 35.3 Å². The van der Waals surface area contributed by atoms with Gasteiger partial charge in [0.05, 0.1) is 4.90 Å². The number of pyridine rings is 1. The molecule has 5 rings (SSSR count). The molecule has 3 heterocycles. The maximum atomic E-state index is 12.8. The van der Waals surface area contributed by atoms with Crippen molar-refractivity contribution in [3.8, 4) is 11.4 Å². The highest BCUT2D eigenvalue weighted by molar-refractivity contribution is 7.92. The first kappa shape index (κ1) is 25.8. The first-order chi connectivity index (χ1) is 18.8. The number of hydrogen-bond donors (Lipinski definition) is 3. The van der Waals surface area contributed by atoms with E-state index in [0.717, 1.165) is 5.56 Å². The minimum Gasteiger partial charge on any atom is -0.366 e. The number of nitrogens with one attached hydrogen (secondary N) is 3. The van der Waals surface area contributed by atoms with Gasteiger partial charge in [0.1, 0.15) is 12.4 Å². The normalized spacial score (nSPS) is 11.2. The lowest BCUT2D eigenvalue weighted by atomic mass is 10.2. The van der Waals surface area contributed by atoms with Crippen molar-refractivity contribution >= 4 is 39.7 Å². The fourth-order valence-electron chi connectivity index (χ4n) is 3.58. The Morgan fingerprint density at radius 1 is 1.03 bits per heavy atom. The van der Waals surface area contributed by atoms with Crippen LogP contribution in [0.3, 0.4) is 0 Å². The van der Waals surface area contributed by atoms with Crippen molar-refractivity contribution in [3.63, 3.8) is 0 Å². The van der Waals surface area contributed by atoms with E-state index in [4.69, 9.17) is 16.7 Å². The molecule has 0 saturated heterocycles. The number of rotatable bonds is 9. The lowest BCUT2D eigenvalue weighted by molar-refractivity contribution is 0.101. The fourth-order valence-corrected chi connectivity index (χ4v) is 4.81. The third-order valence-electron chi connectivity index (χ3n) is 5.49. The van der Waals surface area contributed by atoms with Crippen LogP contribution in [-0.2, 0) is 16.7 Å². The zero-order chi connectivity index (χ0) is 27.4. The third-order valence-corrected chi connectivity index (χ3v) is 7.26. The van der Waals surface area contributed by atoms with E-state index in [0.29, 0.717) is 22.8 Å². The number of sulfonamides is 1. The minimum absolute atomic E-state index is 0.0554. The number of carbonyl (C=O) groups is 1. The summed E-state index contributed by atoms with van der Waals surface area (Å²) in [5, 5.41) is 11.4. The Bertz CT molecular complexity index is 1760. The van der Waals surface area contributed by atoms with Gasteiger partial charge in [0.2, 0.25) is 4.77 Å². The third kappa shape index (κ3) is 5.86. The van der Waals surface area contributed by atoms with E-state index in [-0.39, 0.29) is 28.1 Å². The van der Waals surface area contributed by atoms with Crippen LogP contribution in [0.5, 0.6) is 0 Å². The molecule has 0 atom stereocenters. The summed E-state index contributed by atoms with van der Waals surface area (Å²) in [5.41, 5.74) is 4.60. The fraction of sp³-hybridized carbons (Fsp3) is 0.0800. The molecule has 0 aliphatic heterocycles. The van der Waals surface area contributed by atoms with Gasteiger partial charge >= 0.3 is 0 Å². The molecule has 39 heavy (non-hydrogen) atoms. The van der Waals surface area contributed by atoms with Crippen molar-refractivity contribution in [2.24, 2.45) is 0 Å². The van der Waals surface area contributed by atoms with E-state index < -0.39 is 10.0 Å². The second-order valence-corrected chi connectivity index (χ2v) is 10.3. The van der Waals surface area contributed by atoms with Gasteiger partial charge in [0.15, 0.2) is 11.6 Å². The average Bonchev–Trinajstić information content (AvgIpc) is 3.50. The molecule has 2 aromatic carbocycles. The van der Waals surface area contributed by atoms with E-state index in [9.17, 15) is 13.2 Å². The van der Waals surface area contributed by atoms with Crippen LogP contribution in [0.25, 0.3) is 11.4 Å². The second kappa shape index (κ2) is 10.9. The topological polar surface area (TPSA) is 149 Å². The van der Waals surface area contributed by atoms with Gasteiger partial charge < -0.3 is 9.84 Å². The zero-order valence-corrected chi connectivity index (χ0v) is 22.1. The van der Waals surface area contributed by atoms with E-state index in [1.54, 1.807) is 31.2 Å². The number of hydrogen-bond acceptors (Lipinski definition) is 9. The summed E-state index contributed by atoms with van der Waals surface area (Å²) in [7, 11) is -3.84. The number of aromatic nitrogens is 5. The van der Waals surface area contributed by atoms with Crippen LogP contribution in [0.2, 0.25) is 0 Å². The largest absolute Gasteiger partial charge is 0.366 e. The van der Waals surface area contributed by atoms with Gasteiger partial charge in [-0.05, 0) is 55.5 Å². The maximum absolute atomic E-state index is 12.8. The summed E-state index contributed by atoms with van der Waals surface area (Å²) in [6, 6.07) is 20.1. The number of aryl methyl sites for hydroxylation is 1. The van der Waals surface area contributed by atoms with Crippen molar-refractivity contribution in [2.45, 2.75) is 18.5 Å². The summed E-state index contributed by atoms with van der Waals surface area (Å²) in [6.07, 6.45) is 3.06. The second-order valence-electron chi connectivity index (χ2n) is 8.27. The van der Waals surface area contributed by atoms with Crippen molar-refractivity contribution in [1.82, 2.24) is 24.6 Å². The van der Waals surface area contributed by atoms with Crippen LogP contribution in [-0.4, -0.2) is 38.9 Å². The quantitative estimate of drug-likeness (QED) is 0.226. The molecule has 14 heteroatoms. The van der Waals surface area contributed by atoms with Crippen LogP contribution >= 0.6 is 12.2 Å². The van der Waals surface area contributed by atoms with E-state index >= 15 is 0 Å². The van der Waals surface area contributed by atoms with Gasteiger partial charge in [-0.2, -0.15) is 0 Å². The SMILES string of the molecule is Cc1cc(NS(=O)(=O)c2ccc(NCn3nc(-c4ccccc4)n(NC(=O)c4ccncc4)c3=S)cc2)no1. The van der Waals surface area contributed by atoms with Crippen molar-refractivity contribution in [1.29, 1.82) is 0 Å². The number of benzene rings is 2. The van der Waals surface area contributed by atoms with E-state index in [1.807, 2.05) is 30.3 Å². The standard InChI is InChI=1S/C25H22N8O4S2/c1-17-15-22(30-37-17)31-39(35,36)21-9-7-20(8-10-21)27-16-32-25(38)33(23(28-32)18-5-3-2-4-6-18)29-24(34)19-11-13-26-14-12-19/h2-15,27H,16H2,1H3,(H,29,34)(H,30,31). The number of amides is 1. The Morgan fingerprint density at radius 2 is 1.74 bits per heavy atom. The van der Waals surface area contributed by atoms with Crippen LogP contribution in [0.15, 0.2) is 94.6 Å². The molecule has 0 fully saturated rings. The zero-order valence-electron chi connectivity index (χ0n) is 20.5. The highest BCUT2D eigenvalue weighted by Crippen LogP contribution is 2.20. The predicted molar refractivity (Wildman–Crippen MR) is 147 cm³/mol. The molecule has 1 amide bonds. The highest BCUT2D eigenvalue weighted by atomic mass is 32.2. The molecule has 0 unspecified atom stereocenters. The molecular formula is C25H22N8O4S2. The maximum Gasteiger partial charge on any atom is 0.270 e. The summed E-state index contributed by atoms with van der Waals surface area (Å²) >= 11 is 5.63. The molecule has 198 valence electrons. The molecule has 12 nitrogen and oxygen atoms in total. The molecule has 0 saturated carbocycles. The van der Waals surface area contributed by atoms with Gasteiger partial charge in [-0.15, -0.1) is 5.10 Å². The first-order valence-corrected chi connectivity index (χ1v) is 13.5. The number of anilines is 2. The monoisotopic (exact) mass is 562 g/mol. The van der Waals surface area contributed by atoms with Crippen molar-refractivity contribution in [3.05, 3.63) is 101 Å². The Kier molecular flexibility index (Phi) is 7.21.